The minimum atomic E-state index is -0.946. The molecule has 0 fully saturated rings. The quantitative estimate of drug-likeness (QED) is 0.411. The van der Waals surface area contributed by atoms with Gasteiger partial charge in [-0.05, 0) is 40.2 Å². The van der Waals surface area contributed by atoms with Gasteiger partial charge in [0.15, 0.2) is 11.5 Å². The van der Waals surface area contributed by atoms with Crippen molar-refractivity contribution in [2.24, 2.45) is 5.10 Å². The predicted molar refractivity (Wildman–Crippen MR) is 104 cm³/mol. The van der Waals surface area contributed by atoms with E-state index in [1.165, 1.54) is 26.5 Å². The van der Waals surface area contributed by atoms with Gasteiger partial charge in [0.25, 0.3) is 0 Å². The Morgan fingerprint density at radius 3 is 2.57 bits per heavy atom. The normalized spacial score (nSPS) is 12.0. The second-order valence-electron chi connectivity index (χ2n) is 5.45. The molecule has 10 heteroatoms. The number of ether oxygens (including phenoxy) is 4. The standard InChI is InChI=1S/C18H16BrN3O6/c1-25-11-3-4-14(26-2)13(6-11)21-17(23)18(24)22-20-8-10-5-15-16(7-12(10)19)28-9-27-15/h3-8H,9H2,1-2H3,(H,21,23)(H,22,24)/b20-8-. The number of carbonyl (C=O) groups excluding carboxylic acids is 2. The van der Waals surface area contributed by atoms with Crippen LogP contribution in [0.2, 0.25) is 0 Å². The number of benzene rings is 2. The summed E-state index contributed by atoms with van der Waals surface area (Å²) >= 11 is 3.38. The van der Waals surface area contributed by atoms with Gasteiger partial charge >= 0.3 is 11.8 Å². The predicted octanol–water partition coefficient (Wildman–Crippen LogP) is 2.28. The van der Waals surface area contributed by atoms with Crippen LogP contribution in [-0.2, 0) is 9.59 Å². The van der Waals surface area contributed by atoms with E-state index in [0.717, 1.165) is 0 Å². The Hall–Kier alpha value is -3.27. The second kappa shape index (κ2) is 8.61. The number of halogens is 1. The Morgan fingerprint density at radius 1 is 1.11 bits per heavy atom. The third kappa shape index (κ3) is 4.34. The Labute approximate surface area is 168 Å². The average molecular weight is 450 g/mol. The molecule has 9 nitrogen and oxygen atoms in total. The molecular weight excluding hydrogens is 434 g/mol. The van der Waals surface area contributed by atoms with Gasteiger partial charge in [-0.25, -0.2) is 5.43 Å². The average Bonchev–Trinajstić information content (AvgIpc) is 3.14. The van der Waals surface area contributed by atoms with Crippen molar-refractivity contribution in [2.45, 2.75) is 0 Å². The van der Waals surface area contributed by atoms with Gasteiger partial charge in [-0.2, -0.15) is 5.10 Å². The van der Waals surface area contributed by atoms with Crippen molar-refractivity contribution in [1.82, 2.24) is 5.43 Å². The Bertz CT molecular complexity index is 947. The van der Waals surface area contributed by atoms with Crippen molar-refractivity contribution in [3.8, 4) is 23.0 Å². The van der Waals surface area contributed by atoms with Crippen molar-refractivity contribution < 1.29 is 28.5 Å². The van der Waals surface area contributed by atoms with Crippen LogP contribution in [0.3, 0.4) is 0 Å². The summed E-state index contributed by atoms with van der Waals surface area (Å²) in [6.07, 6.45) is 1.38. The van der Waals surface area contributed by atoms with E-state index in [4.69, 9.17) is 18.9 Å². The molecule has 3 rings (SSSR count). The molecule has 0 saturated carbocycles. The van der Waals surface area contributed by atoms with Crippen molar-refractivity contribution in [2.75, 3.05) is 26.3 Å². The third-order valence-corrected chi connectivity index (χ3v) is 4.41. The SMILES string of the molecule is COc1ccc(OC)c(NC(=O)C(=O)N/N=C\c2cc3c(cc2Br)OCO3)c1. The van der Waals surface area contributed by atoms with Crippen LogP contribution in [0.4, 0.5) is 5.69 Å². The van der Waals surface area contributed by atoms with Gasteiger partial charge in [0.05, 0.1) is 26.1 Å². The highest BCUT2D eigenvalue weighted by molar-refractivity contribution is 9.10. The molecule has 1 aliphatic rings. The topological polar surface area (TPSA) is 107 Å². The van der Waals surface area contributed by atoms with Crippen molar-refractivity contribution in [1.29, 1.82) is 0 Å². The van der Waals surface area contributed by atoms with E-state index in [2.05, 4.69) is 31.8 Å². The molecule has 1 heterocycles. The minimum Gasteiger partial charge on any atom is -0.497 e. The number of rotatable bonds is 5. The second-order valence-corrected chi connectivity index (χ2v) is 6.30. The fourth-order valence-corrected chi connectivity index (χ4v) is 2.76. The van der Waals surface area contributed by atoms with Gasteiger partial charge in [0.1, 0.15) is 11.5 Å². The van der Waals surface area contributed by atoms with E-state index in [1.807, 2.05) is 0 Å². The van der Waals surface area contributed by atoms with Gasteiger partial charge in [-0.15, -0.1) is 0 Å². The summed E-state index contributed by atoms with van der Waals surface area (Å²) in [6.45, 7) is 0.146. The van der Waals surface area contributed by atoms with Crippen molar-refractivity contribution in [3.05, 3.63) is 40.4 Å². The minimum absolute atomic E-state index is 0.146. The number of hydrogen-bond acceptors (Lipinski definition) is 7. The van der Waals surface area contributed by atoms with Crippen LogP contribution in [-0.4, -0.2) is 39.0 Å². The largest absolute Gasteiger partial charge is 0.497 e. The Kier molecular flexibility index (Phi) is 5.99. The van der Waals surface area contributed by atoms with Gasteiger partial charge in [-0.3, -0.25) is 9.59 Å². The number of nitrogens with zero attached hydrogens (tertiary/aromatic N) is 1. The molecule has 0 aliphatic carbocycles. The van der Waals surface area contributed by atoms with E-state index in [-0.39, 0.29) is 6.79 Å². The highest BCUT2D eigenvalue weighted by atomic mass is 79.9. The van der Waals surface area contributed by atoms with Gasteiger partial charge in [0.2, 0.25) is 6.79 Å². The molecule has 0 bridgehead atoms. The molecule has 0 aromatic heterocycles. The summed E-state index contributed by atoms with van der Waals surface area (Å²) in [4.78, 5) is 24.1. The molecule has 1 aliphatic heterocycles. The van der Waals surface area contributed by atoms with Crippen molar-refractivity contribution >= 4 is 39.6 Å². The first-order valence-electron chi connectivity index (χ1n) is 7.97. The van der Waals surface area contributed by atoms with Crippen LogP contribution < -0.4 is 29.7 Å². The van der Waals surface area contributed by atoms with Gasteiger partial charge in [-0.1, -0.05) is 0 Å². The number of nitrogens with one attached hydrogen (secondary N) is 2. The molecule has 0 atom stereocenters. The highest BCUT2D eigenvalue weighted by Crippen LogP contribution is 2.36. The fraction of sp³-hybridized carbons (Fsp3) is 0.167. The molecular formula is C18H16BrN3O6. The van der Waals surface area contributed by atoms with Crippen LogP contribution in [0.5, 0.6) is 23.0 Å². The molecule has 2 aromatic rings. The van der Waals surface area contributed by atoms with Gasteiger partial charge < -0.3 is 24.3 Å². The maximum Gasteiger partial charge on any atom is 0.329 e. The van der Waals surface area contributed by atoms with Crippen LogP contribution in [0.25, 0.3) is 0 Å². The highest BCUT2D eigenvalue weighted by Gasteiger charge is 2.17. The molecule has 28 heavy (non-hydrogen) atoms. The number of hydrogen-bond donors (Lipinski definition) is 2. The smallest absolute Gasteiger partial charge is 0.329 e. The van der Waals surface area contributed by atoms with Crippen molar-refractivity contribution in [3.63, 3.8) is 0 Å². The number of methoxy groups -OCH3 is 2. The maximum absolute atomic E-state index is 12.1. The zero-order valence-electron chi connectivity index (χ0n) is 14.9. The van der Waals surface area contributed by atoms with Gasteiger partial charge in [0, 0.05) is 16.1 Å². The summed E-state index contributed by atoms with van der Waals surface area (Å²) in [6, 6.07) is 8.25. The summed E-state index contributed by atoms with van der Waals surface area (Å²) in [5.41, 5.74) is 3.10. The van der Waals surface area contributed by atoms with Crippen LogP contribution in [0.15, 0.2) is 39.9 Å². The van der Waals surface area contributed by atoms with E-state index in [9.17, 15) is 9.59 Å². The first-order chi connectivity index (χ1) is 13.5. The Balaban J connectivity index is 1.64. The van der Waals surface area contributed by atoms with Crippen LogP contribution in [0, 0.1) is 0 Å². The first-order valence-corrected chi connectivity index (χ1v) is 8.76. The van der Waals surface area contributed by atoms with E-state index in [1.54, 1.807) is 24.3 Å². The summed E-state index contributed by atoms with van der Waals surface area (Å²) < 4.78 is 21.5. The molecule has 0 saturated heterocycles. The van der Waals surface area contributed by atoms with Crippen LogP contribution >= 0.6 is 15.9 Å². The molecule has 2 N–H and O–H groups in total. The van der Waals surface area contributed by atoms with E-state index >= 15 is 0 Å². The molecule has 2 amide bonds. The monoisotopic (exact) mass is 449 g/mol. The lowest BCUT2D eigenvalue weighted by atomic mass is 10.2. The zero-order valence-corrected chi connectivity index (χ0v) is 16.5. The number of hydrazone groups is 1. The zero-order chi connectivity index (χ0) is 20.1. The number of carbonyl (C=O) groups is 2. The third-order valence-electron chi connectivity index (χ3n) is 3.72. The number of anilines is 1. The molecule has 2 aromatic carbocycles. The first kappa shape index (κ1) is 19.5. The lowest BCUT2D eigenvalue weighted by Crippen LogP contribution is -2.32. The fourth-order valence-electron chi connectivity index (χ4n) is 2.33. The molecule has 0 unspecified atom stereocenters. The summed E-state index contributed by atoms with van der Waals surface area (Å²) in [7, 11) is 2.94. The number of amides is 2. The van der Waals surface area contributed by atoms with E-state index < -0.39 is 11.8 Å². The summed E-state index contributed by atoms with van der Waals surface area (Å²) in [5.74, 6) is 0.210. The van der Waals surface area contributed by atoms with E-state index in [0.29, 0.717) is 38.7 Å². The lowest BCUT2D eigenvalue weighted by Gasteiger charge is -2.11. The van der Waals surface area contributed by atoms with Crippen LogP contribution in [0.1, 0.15) is 5.56 Å². The summed E-state index contributed by atoms with van der Waals surface area (Å²) in [5, 5.41) is 6.25. The lowest BCUT2D eigenvalue weighted by molar-refractivity contribution is -0.136. The molecule has 0 radical (unpaired) electrons. The number of fused-ring (bicyclic) bond motifs is 1. The molecule has 146 valence electrons. The Morgan fingerprint density at radius 2 is 1.86 bits per heavy atom. The molecule has 0 spiro atoms. The maximum atomic E-state index is 12.1.